The Morgan fingerprint density at radius 3 is 2.04 bits per heavy atom. The molecule has 1 N–H and O–H groups in total. The van der Waals surface area contributed by atoms with Gasteiger partial charge in [0, 0.05) is 17.5 Å². The maximum absolute atomic E-state index is 11.2. The van der Waals surface area contributed by atoms with Gasteiger partial charge < -0.3 is 0 Å². The van der Waals surface area contributed by atoms with Crippen LogP contribution in [0.25, 0.3) is 0 Å². The van der Waals surface area contributed by atoms with E-state index in [9.17, 15) is 9.59 Å². The van der Waals surface area contributed by atoms with Gasteiger partial charge in [-0.2, -0.15) is 0 Å². The quantitative estimate of drug-likeness (QED) is 0.373. The molecule has 0 aliphatic rings. The summed E-state index contributed by atoms with van der Waals surface area (Å²) in [6.07, 6.45) is 0.580. The molecule has 1 amide bonds. The summed E-state index contributed by atoms with van der Waals surface area (Å²) in [6, 6.07) is 14.3. The SMILES string of the molecule is CC.CN(O)C(=O)c1ccccc1C=O.Cc1ccc(S)cc1. The molecule has 0 aliphatic heterocycles. The van der Waals surface area contributed by atoms with Crippen molar-refractivity contribution in [3.05, 3.63) is 65.2 Å². The van der Waals surface area contributed by atoms with Crippen LogP contribution < -0.4 is 0 Å². The topological polar surface area (TPSA) is 57.6 Å². The number of amides is 1. The number of thiol groups is 1. The predicted molar refractivity (Wildman–Crippen MR) is 95.5 cm³/mol. The molecule has 124 valence electrons. The van der Waals surface area contributed by atoms with E-state index in [1.165, 1.54) is 24.7 Å². The summed E-state index contributed by atoms with van der Waals surface area (Å²) in [6.45, 7) is 6.06. The van der Waals surface area contributed by atoms with Gasteiger partial charge >= 0.3 is 0 Å². The highest BCUT2D eigenvalue weighted by Crippen LogP contribution is 2.07. The molecular formula is C18H23NO3S. The van der Waals surface area contributed by atoms with Crippen LogP contribution in [-0.2, 0) is 0 Å². The van der Waals surface area contributed by atoms with Crippen LogP contribution in [-0.4, -0.2) is 29.5 Å². The molecule has 4 nitrogen and oxygen atoms in total. The monoisotopic (exact) mass is 333 g/mol. The van der Waals surface area contributed by atoms with E-state index in [4.69, 9.17) is 5.21 Å². The maximum atomic E-state index is 11.2. The summed E-state index contributed by atoms with van der Waals surface area (Å²) in [5.41, 5.74) is 1.75. The Hall–Kier alpha value is -2.11. The Balaban J connectivity index is 0.000000414. The molecule has 2 aromatic carbocycles. The minimum Gasteiger partial charge on any atom is -0.298 e. The van der Waals surface area contributed by atoms with E-state index in [-0.39, 0.29) is 11.1 Å². The lowest BCUT2D eigenvalue weighted by Gasteiger charge is -2.09. The second-order valence-corrected chi connectivity index (χ2v) is 4.89. The molecule has 0 spiro atoms. The average Bonchev–Trinajstić information content (AvgIpc) is 2.59. The van der Waals surface area contributed by atoms with Crippen molar-refractivity contribution in [2.45, 2.75) is 25.7 Å². The first-order chi connectivity index (χ1) is 11.0. The van der Waals surface area contributed by atoms with E-state index in [2.05, 4.69) is 19.6 Å². The zero-order valence-electron chi connectivity index (χ0n) is 13.9. The highest BCUT2D eigenvalue weighted by atomic mass is 32.1. The van der Waals surface area contributed by atoms with Gasteiger partial charge in [0.05, 0.1) is 5.56 Å². The van der Waals surface area contributed by atoms with Gasteiger partial charge in [-0.05, 0) is 25.1 Å². The fourth-order valence-corrected chi connectivity index (χ4v) is 1.66. The van der Waals surface area contributed by atoms with Crippen molar-refractivity contribution < 1.29 is 14.8 Å². The number of carbonyl (C=O) groups excluding carboxylic acids is 2. The fraction of sp³-hybridized carbons (Fsp3) is 0.222. The van der Waals surface area contributed by atoms with Gasteiger partial charge in [0.2, 0.25) is 0 Å². The lowest BCUT2D eigenvalue weighted by Crippen LogP contribution is -2.23. The van der Waals surface area contributed by atoms with Crippen LogP contribution >= 0.6 is 12.6 Å². The third-order valence-electron chi connectivity index (χ3n) is 2.65. The second kappa shape index (κ2) is 11.5. The summed E-state index contributed by atoms with van der Waals surface area (Å²) >= 11 is 4.13. The maximum Gasteiger partial charge on any atom is 0.277 e. The lowest BCUT2D eigenvalue weighted by molar-refractivity contribution is -0.0375. The summed E-state index contributed by atoms with van der Waals surface area (Å²) < 4.78 is 0. The Kier molecular flexibility index (Phi) is 10.4. The molecule has 0 atom stereocenters. The van der Waals surface area contributed by atoms with Gasteiger partial charge in [0.1, 0.15) is 0 Å². The lowest BCUT2D eigenvalue weighted by atomic mass is 10.1. The van der Waals surface area contributed by atoms with Crippen molar-refractivity contribution in [3.8, 4) is 0 Å². The van der Waals surface area contributed by atoms with Crippen LogP contribution in [0.5, 0.6) is 0 Å². The largest absolute Gasteiger partial charge is 0.298 e. The first kappa shape index (κ1) is 20.9. The summed E-state index contributed by atoms with van der Waals surface area (Å²) in [5, 5.41) is 9.31. The second-order valence-electron chi connectivity index (χ2n) is 4.37. The fourth-order valence-electron chi connectivity index (χ4n) is 1.51. The van der Waals surface area contributed by atoms with Crippen LogP contribution in [0.15, 0.2) is 53.4 Å². The van der Waals surface area contributed by atoms with Crippen LogP contribution in [0.1, 0.15) is 40.1 Å². The van der Waals surface area contributed by atoms with Crippen molar-refractivity contribution in [1.29, 1.82) is 0 Å². The third kappa shape index (κ3) is 7.63. The highest BCUT2D eigenvalue weighted by Gasteiger charge is 2.12. The van der Waals surface area contributed by atoms with E-state index in [1.54, 1.807) is 12.1 Å². The molecule has 0 saturated heterocycles. The van der Waals surface area contributed by atoms with Gasteiger partial charge in [-0.25, -0.2) is 5.06 Å². The molecular weight excluding hydrogens is 310 g/mol. The van der Waals surface area contributed by atoms with Crippen molar-refractivity contribution in [2.75, 3.05) is 7.05 Å². The molecule has 0 aliphatic carbocycles. The number of aryl methyl sites for hydroxylation is 1. The Bertz CT molecular complexity index is 589. The molecule has 0 saturated carbocycles. The molecule has 0 radical (unpaired) electrons. The molecule has 0 heterocycles. The molecule has 2 rings (SSSR count). The molecule has 0 aromatic heterocycles. The van der Waals surface area contributed by atoms with E-state index >= 15 is 0 Å². The minimum absolute atomic E-state index is 0.197. The van der Waals surface area contributed by atoms with Crippen LogP contribution in [0.4, 0.5) is 0 Å². The van der Waals surface area contributed by atoms with E-state index in [0.29, 0.717) is 11.3 Å². The summed E-state index contributed by atoms with van der Waals surface area (Å²) in [7, 11) is 1.21. The van der Waals surface area contributed by atoms with Crippen molar-refractivity contribution in [1.82, 2.24) is 5.06 Å². The molecule has 0 unspecified atom stereocenters. The Labute approximate surface area is 143 Å². The van der Waals surface area contributed by atoms with E-state index in [1.807, 2.05) is 38.1 Å². The summed E-state index contributed by atoms with van der Waals surface area (Å²) in [4.78, 5) is 22.8. The molecule has 23 heavy (non-hydrogen) atoms. The van der Waals surface area contributed by atoms with Gasteiger partial charge in [-0.15, -0.1) is 12.6 Å². The van der Waals surface area contributed by atoms with Crippen molar-refractivity contribution >= 4 is 24.8 Å². The first-order valence-electron chi connectivity index (χ1n) is 7.22. The Morgan fingerprint density at radius 2 is 1.61 bits per heavy atom. The number of hydroxylamine groups is 2. The number of benzene rings is 2. The van der Waals surface area contributed by atoms with Crippen LogP contribution in [0, 0.1) is 6.92 Å². The molecule has 0 bridgehead atoms. The zero-order chi connectivity index (χ0) is 17.8. The minimum atomic E-state index is -0.595. The number of aldehydes is 1. The van der Waals surface area contributed by atoms with Gasteiger partial charge in [0.15, 0.2) is 6.29 Å². The normalized spacial score (nSPS) is 8.78. The number of hydrogen-bond acceptors (Lipinski definition) is 4. The number of nitrogens with zero attached hydrogens (tertiary/aromatic N) is 1. The van der Waals surface area contributed by atoms with Gasteiger partial charge in [-0.3, -0.25) is 14.8 Å². The predicted octanol–water partition coefficient (Wildman–Crippen LogP) is 4.27. The summed E-state index contributed by atoms with van der Waals surface area (Å²) in [5.74, 6) is -0.595. The van der Waals surface area contributed by atoms with Crippen molar-refractivity contribution in [3.63, 3.8) is 0 Å². The highest BCUT2D eigenvalue weighted by molar-refractivity contribution is 7.80. The average molecular weight is 333 g/mol. The van der Waals surface area contributed by atoms with E-state index < -0.39 is 5.91 Å². The molecule has 5 heteroatoms. The zero-order valence-corrected chi connectivity index (χ0v) is 14.7. The Morgan fingerprint density at radius 1 is 1.09 bits per heavy atom. The van der Waals surface area contributed by atoms with Crippen LogP contribution in [0.3, 0.4) is 0 Å². The van der Waals surface area contributed by atoms with Crippen LogP contribution in [0.2, 0.25) is 0 Å². The van der Waals surface area contributed by atoms with Crippen molar-refractivity contribution in [2.24, 2.45) is 0 Å². The first-order valence-corrected chi connectivity index (χ1v) is 7.67. The number of rotatable bonds is 2. The number of hydrogen-bond donors (Lipinski definition) is 2. The van der Waals surface area contributed by atoms with Gasteiger partial charge in [0.25, 0.3) is 5.91 Å². The van der Waals surface area contributed by atoms with E-state index in [0.717, 1.165) is 4.90 Å². The number of carbonyl (C=O) groups is 2. The smallest absolute Gasteiger partial charge is 0.277 e. The molecule has 0 fully saturated rings. The molecule has 2 aromatic rings. The van der Waals surface area contributed by atoms with Gasteiger partial charge in [-0.1, -0.05) is 49.7 Å². The third-order valence-corrected chi connectivity index (χ3v) is 2.94. The standard InChI is InChI=1S/C9H9NO3.C7H8S.C2H6/c1-10(13)9(12)8-5-3-2-4-7(8)6-11;1-6-2-4-7(8)5-3-6;1-2/h2-6,13H,1H3;2-5,8H,1H3;1-2H3.